The Labute approximate surface area is 95.3 Å². The summed E-state index contributed by atoms with van der Waals surface area (Å²) >= 11 is 1.16. The second kappa shape index (κ2) is 11.8. The van der Waals surface area contributed by atoms with Gasteiger partial charge in [0.25, 0.3) is 5.24 Å². The highest BCUT2D eigenvalue weighted by molar-refractivity contribution is 8.12. The summed E-state index contributed by atoms with van der Waals surface area (Å²) in [5.41, 5.74) is 0. The summed E-state index contributed by atoms with van der Waals surface area (Å²) in [6.45, 7) is 3.79. The minimum absolute atomic E-state index is 0.0242. The van der Waals surface area contributed by atoms with E-state index >= 15 is 0 Å². The van der Waals surface area contributed by atoms with E-state index in [9.17, 15) is 4.79 Å². The lowest BCUT2D eigenvalue weighted by Gasteiger charge is -2.06. The summed E-state index contributed by atoms with van der Waals surface area (Å²) in [7, 11) is 1.88. The molecule has 90 valence electrons. The van der Waals surface area contributed by atoms with E-state index in [0.29, 0.717) is 33.0 Å². The fraction of sp³-hybridized carbons (Fsp3) is 0.889. The molecule has 0 saturated carbocycles. The molecule has 0 aromatic rings. The summed E-state index contributed by atoms with van der Waals surface area (Å²) < 4.78 is 10.5. The third-order valence-corrected chi connectivity index (χ3v) is 2.08. The minimum atomic E-state index is -0.0242. The Morgan fingerprint density at radius 2 is 1.73 bits per heavy atom. The Bertz CT molecular complexity index is 158. The molecule has 0 rings (SSSR count). The second-order valence-corrected chi connectivity index (χ2v) is 3.53. The van der Waals surface area contributed by atoms with Gasteiger partial charge in [-0.15, -0.1) is 0 Å². The van der Waals surface area contributed by atoms with Crippen molar-refractivity contribution in [2.24, 2.45) is 0 Å². The number of nitrogens with one attached hydrogen (secondary N) is 2. The molecule has 5 nitrogen and oxygen atoms in total. The van der Waals surface area contributed by atoms with Crippen LogP contribution in [-0.2, 0) is 9.47 Å². The van der Waals surface area contributed by atoms with Gasteiger partial charge in [0, 0.05) is 13.1 Å². The average Bonchev–Trinajstić information content (AvgIpc) is 2.26. The summed E-state index contributed by atoms with van der Waals surface area (Å²) in [4.78, 5) is 10.8. The fourth-order valence-corrected chi connectivity index (χ4v) is 1.04. The van der Waals surface area contributed by atoms with Crippen LogP contribution in [0.4, 0.5) is 4.79 Å². The maximum Gasteiger partial charge on any atom is 0.278 e. The van der Waals surface area contributed by atoms with Crippen molar-refractivity contribution >= 4 is 17.0 Å². The molecule has 0 fully saturated rings. The minimum Gasteiger partial charge on any atom is -0.378 e. The highest BCUT2D eigenvalue weighted by Gasteiger charge is 1.95. The van der Waals surface area contributed by atoms with E-state index in [1.165, 1.54) is 0 Å². The predicted octanol–water partition coefficient (Wildman–Crippen LogP) is 0.312. The van der Waals surface area contributed by atoms with Crippen LogP contribution in [0.1, 0.15) is 0 Å². The Hall–Kier alpha value is -0.300. The zero-order valence-corrected chi connectivity index (χ0v) is 10.2. The Morgan fingerprint density at radius 3 is 2.27 bits per heavy atom. The van der Waals surface area contributed by atoms with Crippen LogP contribution in [0.5, 0.6) is 0 Å². The molecule has 1 amide bonds. The topological polar surface area (TPSA) is 59.6 Å². The van der Waals surface area contributed by atoms with Crippen LogP contribution in [-0.4, -0.2) is 58.1 Å². The molecule has 15 heavy (non-hydrogen) atoms. The lowest BCUT2D eigenvalue weighted by atomic mass is 10.6. The summed E-state index contributed by atoms with van der Waals surface area (Å²) in [5, 5.41) is 5.65. The first kappa shape index (κ1) is 14.7. The molecule has 0 spiro atoms. The number of amides is 1. The Morgan fingerprint density at radius 1 is 1.13 bits per heavy atom. The number of rotatable bonds is 9. The number of carbonyl (C=O) groups is 1. The smallest absolute Gasteiger partial charge is 0.278 e. The number of hydrogen-bond donors (Lipinski definition) is 2. The molecule has 0 aromatic heterocycles. The highest BCUT2D eigenvalue weighted by atomic mass is 32.2. The maximum absolute atomic E-state index is 10.8. The normalized spacial score (nSPS) is 10.3. The number of thioether (sulfide) groups is 1. The second-order valence-electron chi connectivity index (χ2n) is 2.75. The van der Waals surface area contributed by atoms with Gasteiger partial charge in [0.1, 0.15) is 0 Å². The van der Waals surface area contributed by atoms with Crippen molar-refractivity contribution in [1.29, 1.82) is 0 Å². The van der Waals surface area contributed by atoms with Gasteiger partial charge >= 0.3 is 0 Å². The largest absolute Gasteiger partial charge is 0.378 e. The van der Waals surface area contributed by atoms with E-state index in [4.69, 9.17) is 9.47 Å². The van der Waals surface area contributed by atoms with Gasteiger partial charge in [0.15, 0.2) is 0 Å². The summed E-state index contributed by atoms with van der Waals surface area (Å²) in [5.74, 6) is 0. The zero-order valence-electron chi connectivity index (χ0n) is 9.38. The van der Waals surface area contributed by atoms with E-state index in [1.807, 2.05) is 7.05 Å². The van der Waals surface area contributed by atoms with Gasteiger partial charge in [-0.1, -0.05) is 11.8 Å². The molecule has 0 unspecified atom stereocenters. The van der Waals surface area contributed by atoms with Gasteiger partial charge < -0.3 is 20.1 Å². The van der Waals surface area contributed by atoms with Gasteiger partial charge in [0.05, 0.1) is 26.4 Å². The average molecular weight is 236 g/mol. The van der Waals surface area contributed by atoms with E-state index in [2.05, 4.69) is 10.6 Å². The predicted molar refractivity (Wildman–Crippen MR) is 62.5 cm³/mol. The molecule has 0 bridgehead atoms. The van der Waals surface area contributed by atoms with Crippen LogP contribution in [0, 0.1) is 0 Å². The number of ether oxygens (including phenoxy) is 2. The van der Waals surface area contributed by atoms with Gasteiger partial charge in [-0.25, -0.2) is 0 Å². The summed E-state index contributed by atoms with van der Waals surface area (Å²) in [6, 6.07) is 0. The molecule has 0 aliphatic rings. The van der Waals surface area contributed by atoms with E-state index in [1.54, 1.807) is 6.26 Å². The van der Waals surface area contributed by atoms with Crippen LogP contribution in [0.15, 0.2) is 0 Å². The van der Waals surface area contributed by atoms with Crippen molar-refractivity contribution < 1.29 is 14.3 Å². The molecule has 0 atom stereocenters. The van der Waals surface area contributed by atoms with Crippen molar-refractivity contribution in [2.75, 3.05) is 52.8 Å². The SMILES string of the molecule is CNCCOCCOCCNC(=O)SC. The van der Waals surface area contributed by atoms with E-state index < -0.39 is 0 Å². The number of hydrogen-bond acceptors (Lipinski definition) is 5. The van der Waals surface area contributed by atoms with Gasteiger partial charge in [-0.05, 0) is 13.3 Å². The number of carbonyl (C=O) groups excluding carboxylic acids is 1. The third-order valence-electron chi connectivity index (χ3n) is 1.57. The first-order valence-corrected chi connectivity index (χ1v) is 6.15. The molecule has 0 heterocycles. The molecule has 6 heteroatoms. The molecule has 0 radical (unpaired) electrons. The van der Waals surface area contributed by atoms with Gasteiger partial charge in [0.2, 0.25) is 0 Å². The fourth-order valence-electron chi connectivity index (χ4n) is 0.794. The first-order chi connectivity index (χ1) is 7.31. The number of likely N-dealkylation sites (N-methyl/N-ethyl adjacent to an activating group) is 1. The first-order valence-electron chi connectivity index (χ1n) is 4.93. The molecular weight excluding hydrogens is 216 g/mol. The Kier molecular flexibility index (Phi) is 11.5. The molecule has 0 saturated heterocycles. The molecular formula is C9H20N2O3S. The van der Waals surface area contributed by atoms with Crippen molar-refractivity contribution in [3.63, 3.8) is 0 Å². The van der Waals surface area contributed by atoms with Crippen molar-refractivity contribution in [3.05, 3.63) is 0 Å². The van der Waals surface area contributed by atoms with Gasteiger partial charge in [-0.3, -0.25) is 4.79 Å². The van der Waals surface area contributed by atoms with E-state index in [-0.39, 0.29) is 5.24 Å². The lowest BCUT2D eigenvalue weighted by Crippen LogP contribution is -2.24. The molecule has 2 N–H and O–H groups in total. The summed E-state index contributed by atoms with van der Waals surface area (Å²) in [6.07, 6.45) is 1.74. The van der Waals surface area contributed by atoms with E-state index in [0.717, 1.165) is 18.3 Å². The van der Waals surface area contributed by atoms with Gasteiger partial charge in [-0.2, -0.15) is 0 Å². The highest BCUT2D eigenvalue weighted by Crippen LogP contribution is 1.91. The van der Waals surface area contributed by atoms with Crippen LogP contribution in [0.3, 0.4) is 0 Å². The van der Waals surface area contributed by atoms with Crippen LogP contribution in [0.25, 0.3) is 0 Å². The molecule has 0 aliphatic heterocycles. The maximum atomic E-state index is 10.8. The van der Waals surface area contributed by atoms with Crippen LogP contribution >= 0.6 is 11.8 Å². The molecule has 0 aliphatic carbocycles. The van der Waals surface area contributed by atoms with Crippen molar-refractivity contribution in [1.82, 2.24) is 10.6 Å². The quantitative estimate of drug-likeness (QED) is 0.564. The van der Waals surface area contributed by atoms with Crippen molar-refractivity contribution in [2.45, 2.75) is 0 Å². The van der Waals surface area contributed by atoms with Crippen LogP contribution < -0.4 is 10.6 Å². The van der Waals surface area contributed by atoms with Crippen molar-refractivity contribution in [3.8, 4) is 0 Å². The standard InChI is InChI=1S/C9H20N2O3S/c1-10-3-5-13-7-8-14-6-4-11-9(12)15-2/h10H,3-8H2,1-2H3,(H,11,12). The third kappa shape index (κ3) is 11.6. The zero-order chi connectivity index (χ0) is 11.4. The van der Waals surface area contributed by atoms with Crippen LogP contribution in [0.2, 0.25) is 0 Å². The lowest BCUT2D eigenvalue weighted by molar-refractivity contribution is 0.0511. The monoisotopic (exact) mass is 236 g/mol. The Balaban J connectivity index is 2.95. The molecule has 0 aromatic carbocycles.